The van der Waals surface area contributed by atoms with E-state index >= 15 is 0 Å². The molecular formula is C19H20N6O3S. The monoisotopic (exact) mass is 412 g/mol. The zero-order valence-corrected chi connectivity index (χ0v) is 17.0. The Labute approximate surface area is 169 Å². The fraction of sp³-hybridized carbons (Fsp3) is 0.263. The van der Waals surface area contributed by atoms with E-state index in [-0.39, 0.29) is 11.6 Å². The van der Waals surface area contributed by atoms with Crippen molar-refractivity contribution >= 4 is 34.4 Å². The highest BCUT2D eigenvalue weighted by Crippen LogP contribution is 2.29. The summed E-state index contributed by atoms with van der Waals surface area (Å²) in [6.45, 7) is 6.36. The fourth-order valence-electron chi connectivity index (χ4n) is 3.04. The number of benzene rings is 1. The number of carbonyl (C=O) groups excluding carboxylic acids is 1. The number of aromatic amines is 2. The van der Waals surface area contributed by atoms with Gasteiger partial charge in [-0.05, 0) is 45.0 Å². The summed E-state index contributed by atoms with van der Waals surface area (Å²) in [5.41, 5.74) is 2.54. The summed E-state index contributed by atoms with van der Waals surface area (Å²) in [6.07, 6.45) is 1.62. The minimum atomic E-state index is -0.399. The first kappa shape index (κ1) is 19.1. The molecule has 10 heteroatoms. The lowest BCUT2D eigenvalue weighted by atomic mass is 10.2. The van der Waals surface area contributed by atoms with E-state index in [4.69, 9.17) is 4.42 Å². The van der Waals surface area contributed by atoms with Gasteiger partial charge in [0.1, 0.15) is 5.76 Å². The van der Waals surface area contributed by atoms with Gasteiger partial charge in [0.15, 0.2) is 11.0 Å². The van der Waals surface area contributed by atoms with Crippen LogP contribution in [0.15, 0.2) is 44.9 Å². The Morgan fingerprint density at radius 3 is 2.79 bits per heavy atom. The van der Waals surface area contributed by atoms with E-state index in [0.29, 0.717) is 28.4 Å². The number of fused-ring (bicyclic) bond motifs is 1. The van der Waals surface area contributed by atoms with Crippen molar-refractivity contribution < 1.29 is 9.21 Å². The molecule has 1 aromatic carbocycles. The molecule has 0 spiro atoms. The molecule has 1 atom stereocenters. The van der Waals surface area contributed by atoms with Crippen LogP contribution in [0.1, 0.15) is 19.6 Å². The molecule has 0 unspecified atom stereocenters. The second-order valence-electron chi connectivity index (χ2n) is 6.53. The van der Waals surface area contributed by atoms with E-state index in [1.807, 2.05) is 31.4 Å². The zero-order chi connectivity index (χ0) is 20.5. The topological polar surface area (TPSA) is 122 Å². The number of aromatic nitrogens is 5. The lowest BCUT2D eigenvalue weighted by molar-refractivity contribution is -0.115. The largest absolute Gasteiger partial charge is 0.469 e. The summed E-state index contributed by atoms with van der Waals surface area (Å²) in [5, 5.41) is 11.7. The van der Waals surface area contributed by atoms with Crippen molar-refractivity contribution in [3.63, 3.8) is 0 Å². The van der Waals surface area contributed by atoms with Crippen molar-refractivity contribution in [1.82, 2.24) is 24.7 Å². The average Bonchev–Trinajstić information content (AvgIpc) is 3.38. The molecule has 3 aromatic heterocycles. The van der Waals surface area contributed by atoms with Crippen LogP contribution in [0.2, 0.25) is 0 Å². The van der Waals surface area contributed by atoms with Crippen molar-refractivity contribution in [1.29, 1.82) is 0 Å². The minimum Gasteiger partial charge on any atom is -0.469 e. The van der Waals surface area contributed by atoms with Crippen molar-refractivity contribution in [2.75, 3.05) is 5.32 Å². The van der Waals surface area contributed by atoms with Crippen LogP contribution in [0.3, 0.4) is 0 Å². The van der Waals surface area contributed by atoms with Crippen LogP contribution in [0, 0.1) is 6.92 Å². The minimum absolute atomic E-state index is 0.168. The first-order valence-corrected chi connectivity index (χ1v) is 10.0. The summed E-state index contributed by atoms with van der Waals surface area (Å²) >= 11 is 1.34. The van der Waals surface area contributed by atoms with E-state index in [0.717, 1.165) is 17.1 Å². The third kappa shape index (κ3) is 3.70. The molecule has 150 valence electrons. The molecule has 9 nitrogen and oxygen atoms in total. The van der Waals surface area contributed by atoms with Crippen LogP contribution < -0.4 is 11.0 Å². The van der Waals surface area contributed by atoms with Crippen molar-refractivity contribution in [3.8, 4) is 11.4 Å². The van der Waals surface area contributed by atoms with Gasteiger partial charge >= 0.3 is 5.69 Å². The molecule has 0 fully saturated rings. The maximum atomic E-state index is 12.7. The Kier molecular flexibility index (Phi) is 5.01. The Balaban J connectivity index is 1.50. The molecule has 0 radical (unpaired) electrons. The highest BCUT2D eigenvalue weighted by molar-refractivity contribution is 8.00. The number of rotatable bonds is 6. The van der Waals surface area contributed by atoms with Gasteiger partial charge in [0, 0.05) is 12.2 Å². The normalized spacial score (nSPS) is 12.4. The lowest BCUT2D eigenvalue weighted by Crippen LogP contribution is -2.23. The maximum absolute atomic E-state index is 12.7. The predicted molar refractivity (Wildman–Crippen MR) is 111 cm³/mol. The van der Waals surface area contributed by atoms with Crippen LogP contribution in [-0.4, -0.2) is 35.9 Å². The average molecular weight is 412 g/mol. The standard InChI is InChI=1S/C19H20N6O3S/c1-4-25-16(13-7-8-28-10(13)2)23-24-19(25)29-11(3)17(26)20-12-5-6-14-15(9-12)22-18(27)21-14/h5-9,11H,4H2,1-3H3,(H,20,26)(H2,21,22,27)/t11-/m1/s1. The molecule has 0 aliphatic heterocycles. The van der Waals surface area contributed by atoms with Crippen LogP contribution in [0.4, 0.5) is 5.69 Å². The van der Waals surface area contributed by atoms with Gasteiger partial charge < -0.3 is 24.3 Å². The van der Waals surface area contributed by atoms with Crippen LogP contribution in [0.25, 0.3) is 22.4 Å². The summed E-state index contributed by atoms with van der Waals surface area (Å²) in [7, 11) is 0. The fourth-order valence-corrected chi connectivity index (χ4v) is 3.96. The number of amides is 1. The summed E-state index contributed by atoms with van der Waals surface area (Å²) in [5.74, 6) is 1.32. The van der Waals surface area contributed by atoms with E-state index in [9.17, 15) is 9.59 Å². The molecule has 0 bridgehead atoms. The number of aryl methyl sites for hydroxylation is 1. The second-order valence-corrected chi connectivity index (χ2v) is 7.84. The second kappa shape index (κ2) is 7.63. The smallest absolute Gasteiger partial charge is 0.323 e. The number of hydrogen-bond acceptors (Lipinski definition) is 6. The van der Waals surface area contributed by atoms with Crippen molar-refractivity contribution in [2.24, 2.45) is 0 Å². The van der Waals surface area contributed by atoms with Crippen molar-refractivity contribution in [2.45, 2.75) is 37.7 Å². The number of hydrogen-bond donors (Lipinski definition) is 3. The molecule has 1 amide bonds. The maximum Gasteiger partial charge on any atom is 0.323 e. The number of imidazole rings is 1. The van der Waals surface area contributed by atoms with Gasteiger partial charge in [0.2, 0.25) is 5.91 Å². The van der Waals surface area contributed by atoms with E-state index < -0.39 is 5.25 Å². The number of nitrogens with zero attached hydrogens (tertiary/aromatic N) is 3. The molecule has 3 heterocycles. The third-order valence-electron chi connectivity index (χ3n) is 4.57. The number of nitrogens with one attached hydrogen (secondary N) is 3. The van der Waals surface area contributed by atoms with Gasteiger partial charge in [0.25, 0.3) is 0 Å². The first-order chi connectivity index (χ1) is 14.0. The predicted octanol–water partition coefficient (Wildman–Crippen LogP) is 3.16. The Bertz CT molecular complexity index is 1230. The van der Waals surface area contributed by atoms with Gasteiger partial charge in [-0.3, -0.25) is 4.79 Å². The van der Waals surface area contributed by atoms with Crippen LogP contribution in [0.5, 0.6) is 0 Å². The summed E-state index contributed by atoms with van der Waals surface area (Å²) in [6, 6.07) is 7.07. The molecule has 0 saturated heterocycles. The zero-order valence-electron chi connectivity index (χ0n) is 16.1. The molecule has 0 aliphatic carbocycles. The number of carbonyl (C=O) groups is 1. The lowest BCUT2D eigenvalue weighted by Gasteiger charge is -2.12. The molecule has 29 heavy (non-hydrogen) atoms. The highest BCUT2D eigenvalue weighted by atomic mass is 32.2. The van der Waals surface area contributed by atoms with Crippen molar-refractivity contribution in [3.05, 3.63) is 46.8 Å². The first-order valence-electron chi connectivity index (χ1n) is 9.13. The third-order valence-corrected chi connectivity index (χ3v) is 5.65. The molecular weight excluding hydrogens is 392 g/mol. The summed E-state index contributed by atoms with van der Waals surface area (Å²) < 4.78 is 7.33. The summed E-state index contributed by atoms with van der Waals surface area (Å²) in [4.78, 5) is 29.4. The van der Waals surface area contributed by atoms with Crippen LogP contribution >= 0.6 is 11.8 Å². The van der Waals surface area contributed by atoms with Crippen LogP contribution in [-0.2, 0) is 11.3 Å². The Morgan fingerprint density at radius 2 is 2.07 bits per heavy atom. The molecule has 4 rings (SSSR count). The Hall–Kier alpha value is -3.27. The SMILES string of the molecule is CCn1c(S[C@H](C)C(=O)Nc2ccc3[nH]c(=O)[nH]c3c2)nnc1-c1ccoc1C. The number of thioether (sulfide) groups is 1. The molecule has 0 aliphatic rings. The number of anilines is 1. The van der Waals surface area contributed by atoms with Gasteiger partial charge in [-0.15, -0.1) is 10.2 Å². The quantitative estimate of drug-likeness (QED) is 0.418. The Morgan fingerprint density at radius 1 is 1.28 bits per heavy atom. The molecule has 0 saturated carbocycles. The molecule has 3 N–H and O–H groups in total. The molecule has 4 aromatic rings. The highest BCUT2D eigenvalue weighted by Gasteiger charge is 2.21. The van der Waals surface area contributed by atoms with E-state index in [1.165, 1.54) is 11.8 Å². The van der Waals surface area contributed by atoms with Gasteiger partial charge in [0.05, 0.1) is 28.1 Å². The number of furan rings is 1. The van der Waals surface area contributed by atoms with Gasteiger partial charge in [-0.2, -0.15) is 0 Å². The van der Waals surface area contributed by atoms with Gasteiger partial charge in [-0.25, -0.2) is 4.79 Å². The van der Waals surface area contributed by atoms with E-state index in [1.54, 1.807) is 24.5 Å². The number of H-pyrrole nitrogens is 2. The van der Waals surface area contributed by atoms with E-state index in [2.05, 4.69) is 25.5 Å². The van der Waals surface area contributed by atoms with Gasteiger partial charge in [-0.1, -0.05) is 11.8 Å².